The minimum Gasteiger partial charge on any atom is -0.376 e. The molecule has 0 bridgehead atoms. The van der Waals surface area contributed by atoms with Crippen LogP contribution in [-0.4, -0.2) is 12.5 Å². The lowest BCUT2D eigenvalue weighted by atomic mass is 10.3. The number of rotatable bonds is 3. The Hall–Kier alpha value is -0.640. The van der Waals surface area contributed by atoms with Gasteiger partial charge in [0.15, 0.2) is 0 Å². The zero-order chi connectivity index (χ0) is 8.27. The molecule has 1 aromatic heterocycles. The van der Waals surface area contributed by atoms with Gasteiger partial charge in [-0.2, -0.15) is 11.3 Å². The highest BCUT2D eigenvalue weighted by Gasteiger charge is 2.13. The van der Waals surface area contributed by atoms with Crippen LogP contribution in [0.3, 0.4) is 0 Å². The Balaban J connectivity index is 2.43. The number of thiophene rings is 1. The fourth-order valence-electron chi connectivity index (χ4n) is 0.672. The number of anilines is 1. The monoisotopic (exact) mass is 177 g/mol. The summed E-state index contributed by atoms with van der Waals surface area (Å²) in [5.41, 5.74) is 0.766. The smallest absolute Gasteiger partial charge is 0.258 e. The van der Waals surface area contributed by atoms with Gasteiger partial charge in [0.05, 0.1) is 6.04 Å². The number of nitrogens with one attached hydrogen (secondary N) is 1. The van der Waals surface area contributed by atoms with Crippen molar-refractivity contribution in [3.63, 3.8) is 0 Å². The molecule has 1 N–H and O–H groups in total. The molecule has 1 unspecified atom stereocenters. The van der Waals surface area contributed by atoms with E-state index in [1.54, 1.807) is 11.4 Å². The zero-order valence-electron chi connectivity index (χ0n) is 6.05. The second-order valence-electron chi connectivity index (χ2n) is 2.28. The third-order valence-corrected chi connectivity index (χ3v) is 1.98. The summed E-state index contributed by atoms with van der Waals surface area (Å²) in [5.74, 6) is 0. The van der Waals surface area contributed by atoms with Gasteiger partial charge in [-0.15, -0.1) is 0 Å². The molecule has 0 amide bonds. The van der Waals surface area contributed by atoms with Gasteiger partial charge in [-0.25, -0.2) is 8.78 Å². The summed E-state index contributed by atoms with van der Waals surface area (Å²) in [6, 6.07) is 1.01. The minimum absolute atomic E-state index is 0.766. The molecule has 11 heavy (non-hydrogen) atoms. The molecule has 0 aliphatic heterocycles. The summed E-state index contributed by atoms with van der Waals surface area (Å²) < 4.78 is 23.9. The third-order valence-electron chi connectivity index (χ3n) is 1.29. The van der Waals surface area contributed by atoms with Crippen LogP contribution < -0.4 is 5.32 Å². The Bertz CT molecular complexity index is 198. The van der Waals surface area contributed by atoms with Crippen molar-refractivity contribution in [2.45, 2.75) is 19.4 Å². The van der Waals surface area contributed by atoms with Gasteiger partial charge < -0.3 is 5.32 Å². The van der Waals surface area contributed by atoms with Crippen molar-refractivity contribution in [2.75, 3.05) is 5.32 Å². The molecule has 0 radical (unpaired) electrons. The van der Waals surface area contributed by atoms with Gasteiger partial charge in [-0.05, 0) is 18.4 Å². The van der Waals surface area contributed by atoms with Crippen LogP contribution in [0.1, 0.15) is 6.92 Å². The van der Waals surface area contributed by atoms with Crippen LogP contribution in [0, 0.1) is 0 Å². The van der Waals surface area contributed by atoms with Gasteiger partial charge in [0.25, 0.3) is 6.43 Å². The second kappa shape index (κ2) is 3.67. The molecular formula is C7H9F2NS. The first-order valence-corrected chi connectivity index (χ1v) is 4.21. The van der Waals surface area contributed by atoms with Crippen LogP contribution in [0.25, 0.3) is 0 Å². The molecular weight excluding hydrogens is 168 g/mol. The van der Waals surface area contributed by atoms with Crippen molar-refractivity contribution in [3.8, 4) is 0 Å². The van der Waals surface area contributed by atoms with Gasteiger partial charge in [-0.3, -0.25) is 0 Å². The van der Waals surface area contributed by atoms with E-state index in [1.165, 1.54) is 18.3 Å². The molecule has 0 saturated carbocycles. The summed E-state index contributed by atoms with van der Waals surface area (Å²) in [7, 11) is 0. The molecule has 1 rings (SSSR count). The highest BCUT2D eigenvalue weighted by molar-refractivity contribution is 7.08. The van der Waals surface area contributed by atoms with Crippen LogP contribution >= 0.6 is 11.3 Å². The molecule has 0 aliphatic carbocycles. The third kappa shape index (κ3) is 2.46. The Morgan fingerprint density at radius 2 is 2.27 bits per heavy atom. The van der Waals surface area contributed by atoms with Gasteiger partial charge in [0.1, 0.15) is 0 Å². The Morgan fingerprint density at radius 1 is 1.55 bits per heavy atom. The van der Waals surface area contributed by atoms with Gasteiger partial charge >= 0.3 is 0 Å². The maximum absolute atomic E-state index is 12.0. The SMILES string of the molecule is CC(Nc1ccsc1)C(F)F. The van der Waals surface area contributed by atoms with Crippen molar-refractivity contribution in [1.82, 2.24) is 0 Å². The fraction of sp³-hybridized carbons (Fsp3) is 0.429. The van der Waals surface area contributed by atoms with E-state index in [2.05, 4.69) is 5.32 Å². The average molecular weight is 177 g/mol. The van der Waals surface area contributed by atoms with E-state index in [-0.39, 0.29) is 0 Å². The Labute approximate surface area is 68.0 Å². The molecule has 4 heteroatoms. The van der Waals surface area contributed by atoms with Crippen LogP contribution in [0.15, 0.2) is 16.8 Å². The summed E-state index contributed by atoms with van der Waals surface area (Å²) in [5, 5.41) is 6.33. The number of hydrogen-bond acceptors (Lipinski definition) is 2. The normalized spacial score (nSPS) is 13.5. The van der Waals surface area contributed by atoms with E-state index in [0.29, 0.717) is 0 Å². The Morgan fingerprint density at radius 3 is 2.73 bits per heavy atom. The van der Waals surface area contributed by atoms with Crippen LogP contribution in [0.2, 0.25) is 0 Å². The first kappa shape index (κ1) is 8.46. The molecule has 1 nitrogen and oxygen atoms in total. The average Bonchev–Trinajstić information content (AvgIpc) is 2.39. The van der Waals surface area contributed by atoms with E-state index < -0.39 is 12.5 Å². The predicted octanol–water partition coefficient (Wildman–Crippen LogP) is 2.81. The van der Waals surface area contributed by atoms with Crippen molar-refractivity contribution in [2.24, 2.45) is 0 Å². The fourth-order valence-corrected chi connectivity index (χ4v) is 1.27. The number of halogens is 2. The van der Waals surface area contributed by atoms with Crippen molar-refractivity contribution >= 4 is 17.0 Å². The maximum Gasteiger partial charge on any atom is 0.258 e. The highest BCUT2D eigenvalue weighted by atomic mass is 32.1. The van der Waals surface area contributed by atoms with E-state index in [9.17, 15) is 8.78 Å². The molecule has 1 atom stereocenters. The Kier molecular flexibility index (Phi) is 2.82. The van der Waals surface area contributed by atoms with E-state index in [1.807, 2.05) is 5.38 Å². The summed E-state index contributed by atoms with van der Waals surface area (Å²) in [6.45, 7) is 1.46. The molecule has 0 fully saturated rings. The van der Waals surface area contributed by atoms with Crippen LogP contribution in [0.4, 0.5) is 14.5 Å². The number of hydrogen-bond donors (Lipinski definition) is 1. The van der Waals surface area contributed by atoms with E-state index in [0.717, 1.165) is 5.69 Å². The summed E-state index contributed by atoms with van der Waals surface area (Å²) in [4.78, 5) is 0. The standard InChI is InChI=1S/C7H9F2NS/c1-5(7(8)9)10-6-2-3-11-4-6/h2-5,7,10H,1H3. The van der Waals surface area contributed by atoms with Crippen LogP contribution in [0.5, 0.6) is 0 Å². The quantitative estimate of drug-likeness (QED) is 0.748. The van der Waals surface area contributed by atoms with Crippen molar-refractivity contribution in [3.05, 3.63) is 16.8 Å². The molecule has 1 aromatic rings. The van der Waals surface area contributed by atoms with Crippen molar-refractivity contribution in [1.29, 1.82) is 0 Å². The lowest BCUT2D eigenvalue weighted by molar-refractivity contribution is 0.131. The van der Waals surface area contributed by atoms with Gasteiger partial charge in [0, 0.05) is 11.1 Å². The van der Waals surface area contributed by atoms with E-state index >= 15 is 0 Å². The zero-order valence-corrected chi connectivity index (χ0v) is 6.87. The molecule has 0 saturated heterocycles. The van der Waals surface area contributed by atoms with Crippen molar-refractivity contribution < 1.29 is 8.78 Å². The topological polar surface area (TPSA) is 12.0 Å². The first-order chi connectivity index (χ1) is 5.20. The molecule has 1 heterocycles. The maximum atomic E-state index is 12.0. The summed E-state index contributed by atoms with van der Waals surface area (Å²) >= 11 is 1.49. The lowest BCUT2D eigenvalue weighted by Gasteiger charge is -2.11. The summed E-state index contributed by atoms with van der Waals surface area (Å²) in [6.07, 6.45) is -2.31. The predicted molar refractivity (Wildman–Crippen MR) is 43.4 cm³/mol. The molecule has 62 valence electrons. The second-order valence-corrected chi connectivity index (χ2v) is 3.06. The first-order valence-electron chi connectivity index (χ1n) is 3.27. The minimum atomic E-state index is -2.31. The molecule has 0 aromatic carbocycles. The van der Waals surface area contributed by atoms with Gasteiger partial charge in [-0.1, -0.05) is 0 Å². The lowest BCUT2D eigenvalue weighted by Crippen LogP contribution is -2.23. The van der Waals surface area contributed by atoms with Crippen LogP contribution in [-0.2, 0) is 0 Å². The number of alkyl halides is 2. The van der Waals surface area contributed by atoms with E-state index in [4.69, 9.17) is 0 Å². The highest BCUT2D eigenvalue weighted by Crippen LogP contribution is 2.14. The molecule has 0 spiro atoms. The molecule has 0 aliphatic rings. The largest absolute Gasteiger partial charge is 0.376 e. The van der Waals surface area contributed by atoms with Gasteiger partial charge in [0.2, 0.25) is 0 Å².